The number of hydrogen-bond donors (Lipinski definition) is 1. The average Bonchev–Trinajstić information content (AvgIpc) is 3.29. The summed E-state index contributed by atoms with van der Waals surface area (Å²) in [6, 6.07) is 4.80. The highest BCUT2D eigenvalue weighted by molar-refractivity contribution is 6.35. The Morgan fingerprint density at radius 1 is 1.28 bits per heavy atom. The lowest BCUT2D eigenvalue weighted by Crippen LogP contribution is -2.32. The van der Waals surface area contributed by atoms with E-state index in [-0.39, 0.29) is 0 Å². The molecule has 5 rings (SSSR count). The van der Waals surface area contributed by atoms with Crippen molar-refractivity contribution in [2.75, 3.05) is 6.67 Å². The third-order valence-electron chi connectivity index (χ3n) is 5.53. The molecule has 0 radical (unpaired) electrons. The van der Waals surface area contributed by atoms with E-state index >= 15 is 0 Å². The number of H-pyrrole nitrogens is 1. The Morgan fingerprint density at radius 2 is 2.14 bits per heavy atom. The minimum atomic E-state index is -0.468. The van der Waals surface area contributed by atoms with Crippen molar-refractivity contribution in [3.8, 4) is 22.5 Å². The fourth-order valence-corrected chi connectivity index (χ4v) is 4.18. The van der Waals surface area contributed by atoms with Gasteiger partial charge in [0.05, 0.1) is 24.0 Å². The van der Waals surface area contributed by atoms with Crippen molar-refractivity contribution in [3.63, 3.8) is 0 Å². The second-order valence-electron chi connectivity index (χ2n) is 7.73. The average molecular weight is 415 g/mol. The van der Waals surface area contributed by atoms with Gasteiger partial charge < -0.3 is 0 Å². The Balaban J connectivity index is 1.79. The smallest absolute Gasteiger partial charge is 0.160 e. The SMILES string of the molecule is CC1(CF)CCc2c(-c3ccnc4[nH]nc(Cl)c34)c(-c3ccc(F)cn3)nn2C1. The van der Waals surface area contributed by atoms with Gasteiger partial charge >= 0.3 is 0 Å². The molecule has 1 aliphatic heterocycles. The molecule has 0 amide bonds. The zero-order valence-electron chi connectivity index (χ0n) is 15.6. The van der Waals surface area contributed by atoms with Crippen LogP contribution in [0, 0.1) is 11.2 Å². The number of halogens is 3. The number of aromatic nitrogens is 6. The number of nitrogens with zero attached hydrogens (tertiary/aromatic N) is 5. The van der Waals surface area contributed by atoms with Gasteiger partial charge in [0.1, 0.15) is 11.5 Å². The maximum atomic E-state index is 13.6. The van der Waals surface area contributed by atoms with Crippen molar-refractivity contribution in [2.24, 2.45) is 5.41 Å². The van der Waals surface area contributed by atoms with Crippen LogP contribution in [0.2, 0.25) is 5.15 Å². The minimum absolute atomic E-state index is 0.311. The van der Waals surface area contributed by atoms with Crippen molar-refractivity contribution in [1.29, 1.82) is 0 Å². The van der Waals surface area contributed by atoms with Crippen molar-refractivity contribution < 1.29 is 8.78 Å². The fourth-order valence-electron chi connectivity index (χ4n) is 3.95. The number of pyridine rings is 2. The van der Waals surface area contributed by atoms with E-state index in [0.29, 0.717) is 47.0 Å². The summed E-state index contributed by atoms with van der Waals surface area (Å²) in [7, 11) is 0. The molecule has 0 saturated carbocycles. The Morgan fingerprint density at radius 3 is 2.90 bits per heavy atom. The molecule has 0 spiro atoms. The lowest BCUT2D eigenvalue weighted by atomic mass is 9.82. The van der Waals surface area contributed by atoms with Gasteiger partial charge in [-0.3, -0.25) is 19.2 Å². The largest absolute Gasteiger partial charge is 0.268 e. The van der Waals surface area contributed by atoms with Gasteiger partial charge in [0, 0.05) is 35.0 Å². The predicted octanol–water partition coefficient (Wildman–Crippen LogP) is 4.60. The highest BCUT2D eigenvalue weighted by Crippen LogP contribution is 2.43. The number of aromatic amines is 1. The van der Waals surface area contributed by atoms with Crippen LogP contribution >= 0.6 is 11.6 Å². The van der Waals surface area contributed by atoms with E-state index in [9.17, 15) is 8.78 Å². The van der Waals surface area contributed by atoms with E-state index in [1.165, 1.54) is 6.07 Å². The zero-order valence-corrected chi connectivity index (χ0v) is 16.3. The highest BCUT2D eigenvalue weighted by Gasteiger charge is 2.34. The van der Waals surface area contributed by atoms with Gasteiger partial charge in [-0.1, -0.05) is 18.5 Å². The zero-order chi connectivity index (χ0) is 20.2. The molecule has 1 N–H and O–H groups in total. The Labute approximate surface area is 169 Å². The van der Waals surface area contributed by atoms with Crippen LogP contribution < -0.4 is 0 Å². The fraction of sp³-hybridized carbons (Fsp3) is 0.300. The summed E-state index contributed by atoms with van der Waals surface area (Å²) >= 11 is 6.34. The molecule has 1 unspecified atom stereocenters. The molecule has 0 bridgehead atoms. The molecule has 1 atom stereocenters. The van der Waals surface area contributed by atoms with E-state index in [0.717, 1.165) is 23.0 Å². The third-order valence-corrected chi connectivity index (χ3v) is 5.81. The van der Waals surface area contributed by atoms with E-state index in [4.69, 9.17) is 16.7 Å². The maximum Gasteiger partial charge on any atom is 0.160 e. The number of nitrogens with one attached hydrogen (secondary N) is 1. The molecule has 4 aromatic rings. The van der Waals surface area contributed by atoms with Gasteiger partial charge in [0.25, 0.3) is 0 Å². The minimum Gasteiger partial charge on any atom is -0.268 e. The molecule has 5 heterocycles. The molecule has 1 aliphatic rings. The first-order valence-electron chi connectivity index (χ1n) is 9.26. The third kappa shape index (κ3) is 2.90. The molecule has 148 valence electrons. The predicted molar refractivity (Wildman–Crippen MR) is 106 cm³/mol. The molecule has 0 saturated heterocycles. The van der Waals surface area contributed by atoms with Gasteiger partial charge in [-0.15, -0.1) is 0 Å². The van der Waals surface area contributed by atoms with Crippen LogP contribution in [0.25, 0.3) is 33.5 Å². The summed E-state index contributed by atoms with van der Waals surface area (Å²) in [5, 5.41) is 12.6. The van der Waals surface area contributed by atoms with Crippen LogP contribution in [0.15, 0.2) is 30.6 Å². The Hall–Kier alpha value is -2.87. The summed E-state index contributed by atoms with van der Waals surface area (Å²) < 4.78 is 28.9. The van der Waals surface area contributed by atoms with Crippen LogP contribution in [0.1, 0.15) is 19.0 Å². The van der Waals surface area contributed by atoms with Crippen LogP contribution in [-0.2, 0) is 13.0 Å². The van der Waals surface area contributed by atoms with E-state index < -0.39 is 17.9 Å². The maximum absolute atomic E-state index is 13.6. The Kier molecular flexibility index (Phi) is 4.13. The van der Waals surface area contributed by atoms with Crippen LogP contribution in [0.5, 0.6) is 0 Å². The standard InChI is InChI=1S/C20H17ClF2N6/c1-20(9-22)6-4-14-15(12-5-7-24-19-16(12)18(21)26-27-19)17(28-29(14)10-20)13-3-2-11(23)8-25-13/h2-3,5,7-8H,4,6,9-10H2,1H3,(H,24,26,27). The molecule has 0 fully saturated rings. The Bertz CT molecular complexity index is 1220. The lowest BCUT2D eigenvalue weighted by Gasteiger charge is -2.31. The second-order valence-corrected chi connectivity index (χ2v) is 8.09. The van der Waals surface area contributed by atoms with Crippen molar-refractivity contribution in [2.45, 2.75) is 26.3 Å². The topological polar surface area (TPSA) is 72.3 Å². The molecular formula is C20H17ClF2N6. The summed E-state index contributed by atoms with van der Waals surface area (Å²) in [5.74, 6) is -0.423. The number of hydrogen-bond acceptors (Lipinski definition) is 4. The van der Waals surface area contributed by atoms with Crippen LogP contribution in [0.4, 0.5) is 8.78 Å². The molecular weight excluding hydrogens is 398 g/mol. The van der Waals surface area contributed by atoms with Crippen LogP contribution in [-0.4, -0.2) is 36.6 Å². The number of alkyl halides is 1. The molecule has 4 aromatic heterocycles. The first kappa shape index (κ1) is 18.2. The van der Waals surface area contributed by atoms with Gasteiger partial charge in [0.2, 0.25) is 0 Å². The quantitative estimate of drug-likeness (QED) is 0.532. The summed E-state index contributed by atoms with van der Waals surface area (Å²) in [5.41, 5.74) is 3.88. The van der Waals surface area contributed by atoms with Gasteiger partial charge in [-0.05, 0) is 31.0 Å². The lowest BCUT2D eigenvalue weighted by molar-refractivity contribution is 0.155. The summed E-state index contributed by atoms with van der Waals surface area (Å²) in [4.78, 5) is 8.52. The van der Waals surface area contributed by atoms with Crippen molar-refractivity contribution in [1.82, 2.24) is 29.9 Å². The van der Waals surface area contributed by atoms with E-state index in [2.05, 4.69) is 20.2 Å². The van der Waals surface area contributed by atoms with Gasteiger partial charge in [-0.25, -0.2) is 9.37 Å². The first-order valence-corrected chi connectivity index (χ1v) is 9.63. The number of rotatable bonds is 3. The molecule has 9 heteroatoms. The summed E-state index contributed by atoms with van der Waals surface area (Å²) in [6.07, 6.45) is 4.19. The molecule has 29 heavy (non-hydrogen) atoms. The van der Waals surface area contributed by atoms with Gasteiger partial charge in [0.15, 0.2) is 10.8 Å². The van der Waals surface area contributed by atoms with E-state index in [1.54, 1.807) is 12.3 Å². The summed E-state index contributed by atoms with van der Waals surface area (Å²) in [6.45, 7) is 1.96. The van der Waals surface area contributed by atoms with Crippen molar-refractivity contribution >= 4 is 22.6 Å². The second kappa shape index (κ2) is 6.59. The van der Waals surface area contributed by atoms with Crippen molar-refractivity contribution in [3.05, 3.63) is 47.3 Å². The molecule has 6 nitrogen and oxygen atoms in total. The van der Waals surface area contributed by atoms with E-state index in [1.807, 2.05) is 17.7 Å². The normalized spacial score (nSPS) is 18.9. The van der Waals surface area contributed by atoms with Gasteiger partial charge in [-0.2, -0.15) is 10.2 Å². The number of fused-ring (bicyclic) bond motifs is 2. The molecule has 0 aromatic carbocycles. The van der Waals surface area contributed by atoms with Crippen LogP contribution in [0.3, 0.4) is 0 Å². The first-order chi connectivity index (χ1) is 14.0. The monoisotopic (exact) mass is 414 g/mol. The highest BCUT2D eigenvalue weighted by atomic mass is 35.5. The molecule has 0 aliphatic carbocycles.